The van der Waals surface area contributed by atoms with Crippen LogP contribution in [0.2, 0.25) is 0 Å². The van der Waals surface area contributed by atoms with Crippen LogP contribution in [0.15, 0.2) is 28.7 Å². The normalized spacial score (nSPS) is 16.5. The largest absolute Gasteiger partial charge is 0.491 e. The number of hydrogen-bond donors (Lipinski definition) is 1. The lowest BCUT2D eigenvalue weighted by Gasteiger charge is -2.32. The predicted octanol–water partition coefficient (Wildman–Crippen LogP) is 3.01. The first-order chi connectivity index (χ1) is 14.0. The van der Waals surface area contributed by atoms with Gasteiger partial charge in [-0.25, -0.2) is 0 Å². The fraction of sp³-hybridized carbons (Fsp3) is 0.636. The Morgan fingerprint density at radius 1 is 1.17 bits per heavy atom. The van der Waals surface area contributed by atoms with Crippen LogP contribution < -0.4 is 4.74 Å². The summed E-state index contributed by atoms with van der Waals surface area (Å²) in [6.45, 7) is 4.08. The predicted molar refractivity (Wildman–Crippen MR) is 112 cm³/mol. The molecule has 1 atom stereocenters. The number of aliphatic hydroxyl groups excluding tert-OH is 1. The third-order valence-electron chi connectivity index (χ3n) is 5.46. The molecule has 0 saturated heterocycles. The van der Waals surface area contributed by atoms with Gasteiger partial charge < -0.3 is 19.2 Å². The molecule has 2 aromatic rings. The van der Waals surface area contributed by atoms with E-state index in [0.29, 0.717) is 37.5 Å². The summed E-state index contributed by atoms with van der Waals surface area (Å²) in [6, 6.07) is 8.60. The Labute approximate surface area is 173 Å². The van der Waals surface area contributed by atoms with Crippen LogP contribution in [0, 0.1) is 6.92 Å². The van der Waals surface area contributed by atoms with E-state index in [4.69, 9.17) is 9.15 Å². The van der Waals surface area contributed by atoms with Crippen molar-refractivity contribution in [2.45, 2.75) is 64.3 Å². The molecule has 0 radical (unpaired) electrons. The monoisotopic (exact) mass is 402 g/mol. The molecule has 0 unspecified atom stereocenters. The van der Waals surface area contributed by atoms with E-state index in [-0.39, 0.29) is 0 Å². The summed E-state index contributed by atoms with van der Waals surface area (Å²) in [6.07, 6.45) is 5.93. The van der Waals surface area contributed by atoms with E-state index < -0.39 is 6.10 Å². The first-order valence-electron chi connectivity index (χ1n) is 10.6. The van der Waals surface area contributed by atoms with E-state index in [9.17, 15) is 5.11 Å². The molecule has 3 rings (SSSR count). The number of hydrogen-bond acceptors (Lipinski definition) is 7. The van der Waals surface area contributed by atoms with Gasteiger partial charge >= 0.3 is 0 Å². The summed E-state index contributed by atoms with van der Waals surface area (Å²) in [5.41, 5.74) is 1.13. The van der Waals surface area contributed by atoms with Gasteiger partial charge in [-0.1, -0.05) is 31.4 Å². The summed E-state index contributed by atoms with van der Waals surface area (Å²) in [7, 11) is 4.12. The molecule has 1 saturated carbocycles. The zero-order valence-corrected chi connectivity index (χ0v) is 17.9. The Morgan fingerprint density at radius 2 is 1.97 bits per heavy atom. The SMILES string of the molecule is Cc1nnc(CN(C)Cc2cccc(OC[C@H](O)CN(C)C3CCCCC3)c2)o1. The van der Waals surface area contributed by atoms with Crippen molar-refractivity contribution in [3.05, 3.63) is 41.6 Å². The van der Waals surface area contributed by atoms with Crippen molar-refractivity contribution in [2.75, 3.05) is 27.2 Å². The third-order valence-corrected chi connectivity index (χ3v) is 5.46. The lowest BCUT2D eigenvalue weighted by Crippen LogP contribution is -2.40. The average molecular weight is 403 g/mol. The van der Waals surface area contributed by atoms with Crippen LogP contribution in [0.5, 0.6) is 5.75 Å². The highest BCUT2D eigenvalue weighted by molar-refractivity contribution is 5.28. The molecule has 1 aliphatic rings. The molecule has 1 N–H and O–H groups in total. The van der Waals surface area contributed by atoms with Gasteiger partial charge in [0.15, 0.2) is 0 Å². The molecular weight excluding hydrogens is 368 g/mol. The van der Waals surface area contributed by atoms with Crippen molar-refractivity contribution >= 4 is 0 Å². The maximum absolute atomic E-state index is 10.4. The summed E-state index contributed by atoms with van der Waals surface area (Å²) < 4.78 is 11.3. The van der Waals surface area contributed by atoms with Crippen molar-refractivity contribution in [2.24, 2.45) is 0 Å². The van der Waals surface area contributed by atoms with E-state index in [0.717, 1.165) is 17.9 Å². The second-order valence-corrected chi connectivity index (χ2v) is 8.23. The smallest absolute Gasteiger partial charge is 0.230 e. The van der Waals surface area contributed by atoms with Gasteiger partial charge in [0.25, 0.3) is 0 Å². The molecule has 1 aromatic heterocycles. The van der Waals surface area contributed by atoms with Gasteiger partial charge in [-0.15, -0.1) is 10.2 Å². The zero-order valence-electron chi connectivity index (χ0n) is 17.9. The van der Waals surface area contributed by atoms with Crippen molar-refractivity contribution < 1.29 is 14.3 Å². The van der Waals surface area contributed by atoms with Crippen molar-refractivity contribution in [3.8, 4) is 5.75 Å². The van der Waals surface area contributed by atoms with Crippen LogP contribution in [0.1, 0.15) is 49.4 Å². The zero-order chi connectivity index (χ0) is 20.6. The molecule has 1 aromatic carbocycles. The average Bonchev–Trinajstić information content (AvgIpc) is 3.11. The number of aromatic nitrogens is 2. The number of likely N-dealkylation sites (N-methyl/N-ethyl adjacent to an activating group) is 1. The number of nitrogens with zero attached hydrogens (tertiary/aromatic N) is 4. The lowest BCUT2D eigenvalue weighted by atomic mass is 9.94. The molecule has 1 fully saturated rings. The van der Waals surface area contributed by atoms with Crippen LogP contribution >= 0.6 is 0 Å². The molecule has 1 aliphatic carbocycles. The molecule has 29 heavy (non-hydrogen) atoms. The number of ether oxygens (including phenoxy) is 1. The number of benzene rings is 1. The second-order valence-electron chi connectivity index (χ2n) is 8.23. The minimum absolute atomic E-state index is 0.303. The van der Waals surface area contributed by atoms with Gasteiger partial charge in [0, 0.05) is 26.1 Å². The quantitative estimate of drug-likeness (QED) is 0.655. The minimum atomic E-state index is -0.492. The summed E-state index contributed by atoms with van der Waals surface area (Å²) in [5, 5.41) is 18.3. The summed E-state index contributed by atoms with van der Waals surface area (Å²) >= 11 is 0. The fourth-order valence-corrected chi connectivity index (χ4v) is 3.98. The summed E-state index contributed by atoms with van der Waals surface area (Å²) in [4.78, 5) is 4.40. The Balaban J connectivity index is 1.43. The van der Waals surface area contributed by atoms with E-state index in [1.807, 2.05) is 25.2 Å². The molecule has 0 spiro atoms. The highest BCUT2D eigenvalue weighted by Gasteiger charge is 2.20. The first kappa shape index (κ1) is 21.7. The van der Waals surface area contributed by atoms with Crippen molar-refractivity contribution in [1.82, 2.24) is 20.0 Å². The molecular formula is C22H34N4O3. The molecule has 0 amide bonds. The van der Waals surface area contributed by atoms with E-state index in [2.05, 4.69) is 33.1 Å². The van der Waals surface area contributed by atoms with Gasteiger partial charge in [-0.05, 0) is 44.6 Å². The first-order valence-corrected chi connectivity index (χ1v) is 10.6. The maximum Gasteiger partial charge on any atom is 0.230 e. The fourth-order valence-electron chi connectivity index (χ4n) is 3.98. The number of aliphatic hydroxyl groups is 1. The highest BCUT2D eigenvalue weighted by atomic mass is 16.5. The number of rotatable bonds is 10. The van der Waals surface area contributed by atoms with Crippen LogP contribution in [-0.2, 0) is 13.1 Å². The molecule has 0 aliphatic heterocycles. The molecule has 0 bridgehead atoms. The minimum Gasteiger partial charge on any atom is -0.491 e. The molecule has 160 valence electrons. The second kappa shape index (κ2) is 10.7. The lowest BCUT2D eigenvalue weighted by molar-refractivity contribution is 0.0561. The number of aryl methyl sites for hydroxylation is 1. The van der Waals surface area contributed by atoms with Crippen LogP contribution in [0.3, 0.4) is 0 Å². The highest BCUT2D eigenvalue weighted by Crippen LogP contribution is 2.22. The standard InChI is InChI=1S/C22H34N4O3/c1-17-23-24-22(29-17)15-25(2)13-18-8-7-11-21(12-18)28-16-20(27)14-26(3)19-9-5-4-6-10-19/h7-8,11-12,19-20,27H,4-6,9-10,13-16H2,1-3H3/t20-/m1/s1. The molecule has 1 heterocycles. The Bertz CT molecular complexity index is 745. The third kappa shape index (κ3) is 7.10. The Kier molecular flexibility index (Phi) is 8.03. The van der Waals surface area contributed by atoms with Crippen LogP contribution in [-0.4, -0.2) is 64.5 Å². The van der Waals surface area contributed by atoms with E-state index in [1.165, 1.54) is 32.1 Å². The topological polar surface area (TPSA) is 74.9 Å². The molecule has 7 heteroatoms. The van der Waals surface area contributed by atoms with Gasteiger partial charge in [-0.3, -0.25) is 4.90 Å². The Morgan fingerprint density at radius 3 is 2.69 bits per heavy atom. The summed E-state index contributed by atoms with van der Waals surface area (Å²) in [5.74, 6) is 1.98. The van der Waals surface area contributed by atoms with Crippen molar-refractivity contribution in [1.29, 1.82) is 0 Å². The van der Waals surface area contributed by atoms with E-state index in [1.54, 1.807) is 6.92 Å². The maximum atomic E-state index is 10.4. The van der Waals surface area contributed by atoms with Gasteiger partial charge in [0.05, 0.1) is 6.54 Å². The Hall–Kier alpha value is -1.96. The van der Waals surface area contributed by atoms with Crippen LogP contribution in [0.25, 0.3) is 0 Å². The van der Waals surface area contributed by atoms with Crippen molar-refractivity contribution in [3.63, 3.8) is 0 Å². The van der Waals surface area contributed by atoms with Crippen LogP contribution in [0.4, 0.5) is 0 Å². The van der Waals surface area contributed by atoms with Gasteiger partial charge in [0.1, 0.15) is 18.5 Å². The van der Waals surface area contributed by atoms with E-state index >= 15 is 0 Å². The van der Waals surface area contributed by atoms with Gasteiger partial charge in [0.2, 0.25) is 11.8 Å². The molecule has 7 nitrogen and oxygen atoms in total. The van der Waals surface area contributed by atoms with Gasteiger partial charge in [-0.2, -0.15) is 0 Å².